The quantitative estimate of drug-likeness (QED) is 0.701. The average Bonchev–Trinajstić information content (AvgIpc) is 3.18. The van der Waals surface area contributed by atoms with E-state index in [1.165, 1.54) is 11.3 Å². The molecule has 0 radical (unpaired) electrons. The maximum atomic E-state index is 12.8. The van der Waals surface area contributed by atoms with Crippen molar-refractivity contribution >= 4 is 39.3 Å². The Hall–Kier alpha value is -3.19. The largest absolute Gasteiger partial charge is 0.344 e. The molecule has 2 N–H and O–H groups in total. The van der Waals surface area contributed by atoms with Crippen LogP contribution in [0.4, 0.5) is 4.79 Å². The van der Waals surface area contributed by atoms with Crippen LogP contribution in [0.25, 0.3) is 10.1 Å². The highest BCUT2D eigenvalue weighted by molar-refractivity contribution is 7.20. The predicted octanol–water partition coefficient (Wildman–Crippen LogP) is 3.01. The van der Waals surface area contributed by atoms with Gasteiger partial charge in [-0.25, -0.2) is 4.79 Å². The number of amides is 4. The van der Waals surface area contributed by atoms with Crippen LogP contribution in [0.2, 0.25) is 0 Å². The molecule has 0 aliphatic carbocycles. The smallest absolute Gasteiger partial charge is 0.318 e. The van der Waals surface area contributed by atoms with Gasteiger partial charge in [0, 0.05) is 4.70 Å². The zero-order chi connectivity index (χ0) is 18.3. The molecule has 7 heteroatoms. The van der Waals surface area contributed by atoms with Crippen molar-refractivity contribution in [1.82, 2.24) is 15.8 Å². The van der Waals surface area contributed by atoms with Crippen LogP contribution in [0.3, 0.4) is 0 Å². The predicted molar refractivity (Wildman–Crippen MR) is 98.5 cm³/mol. The van der Waals surface area contributed by atoms with Crippen LogP contribution >= 0.6 is 11.3 Å². The number of nitrogens with zero attached hydrogens (tertiary/aromatic N) is 1. The van der Waals surface area contributed by atoms with E-state index < -0.39 is 23.4 Å². The Bertz CT molecular complexity index is 998. The summed E-state index contributed by atoms with van der Waals surface area (Å²) in [6.45, 7) is 1.62. The van der Waals surface area contributed by atoms with Crippen LogP contribution in [0.15, 0.2) is 60.7 Å². The first-order valence-corrected chi connectivity index (χ1v) is 8.82. The molecule has 1 aliphatic heterocycles. The third-order valence-electron chi connectivity index (χ3n) is 4.40. The summed E-state index contributed by atoms with van der Waals surface area (Å²) < 4.78 is 0.962. The maximum Gasteiger partial charge on any atom is 0.344 e. The van der Waals surface area contributed by atoms with Crippen molar-refractivity contribution in [2.75, 3.05) is 0 Å². The molecule has 1 fully saturated rings. The van der Waals surface area contributed by atoms with Crippen molar-refractivity contribution in [2.45, 2.75) is 12.5 Å². The standard InChI is InChI=1S/C19H15N3O3S/c1-19(13-8-3-2-4-9-13)17(24)22(18(25)20-19)21-16(23)15-11-12-7-5-6-10-14(12)26-15/h2-11H,1H3,(H,20,25)(H,21,23). The lowest BCUT2D eigenvalue weighted by Gasteiger charge is -2.21. The Morgan fingerprint density at radius 3 is 2.50 bits per heavy atom. The number of carbonyl (C=O) groups is 3. The van der Waals surface area contributed by atoms with Gasteiger partial charge in [0.15, 0.2) is 0 Å². The number of hydrogen-bond acceptors (Lipinski definition) is 4. The van der Waals surface area contributed by atoms with E-state index in [0.717, 1.165) is 15.1 Å². The van der Waals surface area contributed by atoms with Gasteiger partial charge in [0.1, 0.15) is 5.54 Å². The average molecular weight is 365 g/mol. The topological polar surface area (TPSA) is 78.5 Å². The van der Waals surface area contributed by atoms with Gasteiger partial charge in [-0.3, -0.25) is 15.0 Å². The third-order valence-corrected chi connectivity index (χ3v) is 5.52. The van der Waals surface area contributed by atoms with Crippen LogP contribution in [0, 0.1) is 0 Å². The zero-order valence-corrected chi connectivity index (χ0v) is 14.7. The van der Waals surface area contributed by atoms with E-state index in [-0.39, 0.29) is 0 Å². The minimum Gasteiger partial charge on any atom is -0.318 e. The summed E-state index contributed by atoms with van der Waals surface area (Å²) in [6.07, 6.45) is 0. The van der Waals surface area contributed by atoms with Gasteiger partial charge < -0.3 is 5.32 Å². The molecule has 1 unspecified atom stereocenters. The van der Waals surface area contributed by atoms with Gasteiger partial charge in [-0.2, -0.15) is 5.01 Å². The van der Waals surface area contributed by atoms with Crippen LogP contribution in [0.5, 0.6) is 0 Å². The molecule has 3 aromatic rings. The van der Waals surface area contributed by atoms with Crippen molar-refractivity contribution < 1.29 is 14.4 Å². The van der Waals surface area contributed by atoms with E-state index in [1.807, 2.05) is 30.3 Å². The maximum absolute atomic E-state index is 12.8. The molecule has 1 atom stereocenters. The van der Waals surface area contributed by atoms with Gasteiger partial charge in [-0.15, -0.1) is 11.3 Å². The highest BCUT2D eigenvalue weighted by atomic mass is 32.1. The number of nitrogens with one attached hydrogen (secondary N) is 2. The summed E-state index contributed by atoms with van der Waals surface area (Å²) in [6, 6.07) is 17.6. The van der Waals surface area contributed by atoms with E-state index in [1.54, 1.807) is 37.3 Å². The molecule has 0 spiro atoms. The number of benzene rings is 2. The Morgan fingerprint density at radius 2 is 1.77 bits per heavy atom. The van der Waals surface area contributed by atoms with Gasteiger partial charge in [-0.05, 0) is 30.0 Å². The number of thiophene rings is 1. The molecular weight excluding hydrogens is 350 g/mol. The monoisotopic (exact) mass is 365 g/mol. The summed E-state index contributed by atoms with van der Waals surface area (Å²) in [5, 5.41) is 4.34. The van der Waals surface area contributed by atoms with Gasteiger partial charge >= 0.3 is 6.03 Å². The number of fused-ring (bicyclic) bond motifs is 1. The first-order valence-electron chi connectivity index (χ1n) is 8.01. The highest BCUT2D eigenvalue weighted by Crippen LogP contribution is 2.29. The zero-order valence-electron chi connectivity index (χ0n) is 13.9. The fraction of sp³-hybridized carbons (Fsp3) is 0.105. The molecule has 4 rings (SSSR count). The molecule has 1 saturated heterocycles. The highest BCUT2D eigenvalue weighted by Gasteiger charge is 2.50. The second-order valence-corrected chi connectivity index (χ2v) is 7.23. The molecule has 4 amide bonds. The lowest BCUT2D eigenvalue weighted by atomic mass is 9.92. The lowest BCUT2D eigenvalue weighted by Crippen LogP contribution is -2.47. The number of hydrogen-bond donors (Lipinski definition) is 2. The SMILES string of the molecule is CC1(c2ccccc2)NC(=O)N(NC(=O)c2cc3ccccc3s2)C1=O. The Kier molecular flexibility index (Phi) is 3.73. The summed E-state index contributed by atoms with van der Waals surface area (Å²) in [4.78, 5) is 38.1. The Balaban J connectivity index is 1.59. The molecule has 6 nitrogen and oxygen atoms in total. The number of imide groups is 1. The van der Waals surface area contributed by atoms with E-state index in [0.29, 0.717) is 10.4 Å². The molecule has 0 saturated carbocycles. The fourth-order valence-electron chi connectivity index (χ4n) is 2.96. The van der Waals surface area contributed by atoms with Gasteiger partial charge in [0.2, 0.25) is 0 Å². The second kappa shape index (κ2) is 5.96. The van der Waals surface area contributed by atoms with Crippen LogP contribution in [-0.2, 0) is 10.3 Å². The van der Waals surface area contributed by atoms with Crippen molar-refractivity contribution in [1.29, 1.82) is 0 Å². The van der Waals surface area contributed by atoms with E-state index in [2.05, 4.69) is 10.7 Å². The Labute approximate surface area is 153 Å². The number of rotatable bonds is 3. The molecule has 1 aromatic heterocycles. The summed E-state index contributed by atoms with van der Waals surface area (Å²) >= 11 is 1.31. The second-order valence-electron chi connectivity index (χ2n) is 6.15. The molecule has 130 valence electrons. The van der Waals surface area contributed by atoms with Gasteiger partial charge in [0.05, 0.1) is 4.88 Å². The summed E-state index contributed by atoms with van der Waals surface area (Å²) in [5.41, 5.74) is 1.86. The normalized spacial score (nSPS) is 19.7. The molecule has 2 aromatic carbocycles. The van der Waals surface area contributed by atoms with Crippen LogP contribution < -0.4 is 10.7 Å². The van der Waals surface area contributed by atoms with E-state index in [9.17, 15) is 14.4 Å². The third kappa shape index (κ3) is 2.53. The van der Waals surface area contributed by atoms with Crippen molar-refractivity contribution in [3.63, 3.8) is 0 Å². The molecular formula is C19H15N3O3S. The fourth-order valence-corrected chi connectivity index (χ4v) is 3.91. The molecule has 0 bridgehead atoms. The van der Waals surface area contributed by atoms with Crippen LogP contribution in [-0.4, -0.2) is 22.9 Å². The minimum atomic E-state index is -1.22. The summed E-state index contributed by atoms with van der Waals surface area (Å²) in [7, 11) is 0. The molecule has 1 aliphatic rings. The minimum absolute atomic E-state index is 0.431. The molecule has 2 heterocycles. The van der Waals surface area contributed by atoms with Gasteiger partial charge in [0.25, 0.3) is 11.8 Å². The van der Waals surface area contributed by atoms with Crippen molar-refractivity contribution in [2.24, 2.45) is 0 Å². The van der Waals surface area contributed by atoms with E-state index >= 15 is 0 Å². The molecule has 26 heavy (non-hydrogen) atoms. The van der Waals surface area contributed by atoms with E-state index in [4.69, 9.17) is 0 Å². The number of carbonyl (C=O) groups excluding carboxylic acids is 3. The van der Waals surface area contributed by atoms with Crippen molar-refractivity contribution in [3.05, 3.63) is 71.1 Å². The Morgan fingerprint density at radius 1 is 1.08 bits per heavy atom. The summed E-state index contributed by atoms with van der Waals surface area (Å²) in [5.74, 6) is -1.02. The van der Waals surface area contributed by atoms with Crippen LogP contribution in [0.1, 0.15) is 22.2 Å². The van der Waals surface area contributed by atoms with Gasteiger partial charge in [-0.1, -0.05) is 48.5 Å². The lowest BCUT2D eigenvalue weighted by molar-refractivity contribution is -0.132. The number of hydrazine groups is 1. The first kappa shape index (κ1) is 16.3. The first-order chi connectivity index (χ1) is 12.5. The van der Waals surface area contributed by atoms with Crippen molar-refractivity contribution in [3.8, 4) is 0 Å². The number of urea groups is 1.